The monoisotopic (exact) mass is 393 g/mol. The van der Waals surface area contributed by atoms with Gasteiger partial charge in [-0.15, -0.1) is 0 Å². The molecule has 0 radical (unpaired) electrons. The minimum atomic E-state index is -0.419. The first kappa shape index (κ1) is 19.4. The molecule has 152 valence electrons. The van der Waals surface area contributed by atoms with Crippen molar-refractivity contribution in [1.29, 1.82) is 0 Å². The second-order valence-electron chi connectivity index (χ2n) is 8.17. The largest absolute Gasteiger partial charge is 0.375 e. The molecule has 1 saturated heterocycles. The molecule has 1 aliphatic carbocycles. The summed E-state index contributed by atoms with van der Waals surface area (Å²) in [5.41, 5.74) is 1.81. The van der Waals surface area contributed by atoms with Crippen LogP contribution in [-0.2, 0) is 6.54 Å². The zero-order chi connectivity index (χ0) is 20.2. The van der Waals surface area contributed by atoms with E-state index in [1.54, 1.807) is 12.1 Å². The molecule has 2 atom stereocenters. The number of benzene rings is 2. The molecule has 0 bridgehead atoms. The van der Waals surface area contributed by atoms with Crippen LogP contribution in [0.25, 0.3) is 0 Å². The van der Waals surface area contributed by atoms with Crippen LogP contribution in [0.5, 0.6) is 0 Å². The van der Waals surface area contributed by atoms with Crippen molar-refractivity contribution in [2.75, 3.05) is 18.4 Å². The van der Waals surface area contributed by atoms with Gasteiger partial charge < -0.3 is 10.2 Å². The highest BCUT2D eigenvalue weighted by Crippen LogP contribution is 2.36. The molecule has 2 aliphatic rings. The standard InChI is InChI=1S/C23H27N3O3/c27-23(25-13-12-18-8-4-5-9-20(18)16-25)19-10-11-21(22(14-19)26(28)29)24-15-17-6-2-1-3-7-17/h1-3,6-7,10-11,14,18,20,24H,4-5,8-9,12-13,15-16H2/t18-,20+/m0/s1. The predicted molar refractivity (Wildman–Crippen MR) is 113 cm³/mol. The fourth-order valence-electron chi connectivity index (χ4n) is 4.73. The maximum Gasteiger partial charge on any atom is 0.293 e. The van der Waals surface area contributed by atoms with Gasteiger partial charge in [0.1, 0.15) is 5.69 Å². The van der Waals surface area contributed by atoms with Crippen LogP contribution in [0.15, 0.2) is 48.5 Å². The van der Waals surface area contributed by atoms with Crippen LogP contribution in [0.3, 0.4) is 0 Å². The maximum atomic E-state index is 13.0. The Kier molecular flexibility index (Phi) is 5.79. The van der Waals surface area contributed by atoms with Crippen LogP contribution in [0.2, 0.25) is 0 Å². The molecule has 0 aromatic heterocycles. The van der Waals surface area contributed by atoms with E-state index in [1.165, 1.54) is 31.7 Å². The number of nitrogens with one attached hydrogen (secondary N) is 1. The van der Waals surface area contributed by atoms with E-state index < -0.39 is 4.92 Å². The van der Waals surface area contributed by atoms with Crippen molar-refractivity contribution in [1.82, 2.24) is 4.90 Å². The first-order valence-electron chi connectivity index (χ1n) is 10.5. The van der Waals surface area contributed by atoms with E-state index in [4.69, 9.17) is 0 Å². The highest BCUT2D eigenvalue weighted by molar-refractivity contribution is 5.95. The third-order valence-electron chi connectivity index (χ3n) is 6.35. The smallest absolute Gasteiger partial charge is 0.293 e. The summed E-state index contributed by atoms with van der Waals surface area (Å²) in [4.78, 5) is 26.1. The van der Waals surface area contributed by atoms with E-state index in [0.717, 1.165) is 31.0 Å². The first-order valence-corrected chi connectivity index (χ1v) is 10.5. The molecule has 1 heterocycles. The van der Waals surface area contributed by atoms with E-state index in [9.17, 15) is 14.9 Å². The number of nitro groups is 1. The van der Waals surface area contributed by atoms with Crippen LogP contribution >= 0.6 is 0 Å². The van der Waals surface area contributed by atoms with Gasteiger partial charge in [0.05, 0.1) is 4.92 Å². The molecule has 2 aromatic carbocycles. The summed E-state index contributed by atoms with van der Waals surface area (Å²) in [6.45, 7) is 2.03. The van der Waals surface area contributed by atoms with Crippen LogP contribution in [0.1, 0.15) is 48.0 Å². The van der Waals surface area contributed by atoms with Crippen molar-refractivity contribution in [3.8, 4) is 0 Å². The molecule has 1 aliphatic heterocycles. The Morgan fingerprint density at radius 2 is 1.83 bits per heavy atom. The first-order chi connectivity index (χ1) is 14.1. The highest BCUT2D eigenvalue weighted by atomic mass is 16.6. The number of rotatable bonds is 5. The summed E-state index contributed by atoms with van der Waals surface area (Å²) < 4.78 is 0. The Bertz CT molecular complexity index is 884. The summed E-state index contributed by atoms with van der Waals surface area (Å²) in [5, 5.41) is 14.7. The van der Waals surface area contributed by atoms with Gasteiger partial charge in [-0.1, -0.05) is 49.6 Å². The number of amides is 1. The SMILES string of the molecule is O=C(c1ccc(NCc2ccccc2)c([N+](=O)[O-])c1)N1CC[C@@H]2CCCC[C@@H]2C1. The van der Waals surface area contributed by atoms with Crippen LogP contribution in [0, 0.1) is 22.0 Å². The molecule has 2 fully saturated rings. The van der Waals surface area contributed by atoms with E-state index in [-0.39, 0.29) is 11.6 Å². The normalized spacial score (nSPS) is 21.3. The van der Waals surface area contributed by atoms with Crippen LogP contribution in [-0.4, -0.2) is 28.8 Å². The molecule has 4 rings (SSSR count). The van der Waals surface area contributed by atoms with Gasteiger partial charge in [-0.05, 0) is 42.4 Å². The second kappa shape index (κ2) is 8.64. The topological polar surface area (TPSA) is 75.5 Å². The van der Waals surface area contributed by atoms with Crippen LogP contribution < -0.4 is 5.32 Å². The van der Waals surface area contributed by atoms with Crippen molar-refractivity contribution in [3.05, 3.63) is 69.8 Å². The van der Waals surface area contributed by atoms with Crippen molar-refractivity contribution in [2.24, 2.45) is 11.8 Å². The average Bonchev–Trinajstić information content (AvgIpc) is 2.77. The third kappa shape index (κ3) is 4.42. The number of nitro benzene ring substituents is 1. The number of nitrogens with zero attached hydrogens (tertiary/aromatic N) is 2. The van der Waals surface area contributed by atoms with Crippen molar-refractivity contribution >= 4 is 17.3 Å². The fraction of sp³-hybridized carbons (Fsp3) is 0.435. The second-order valence-corrected chi connectivity index (χ2v) is 8.17. The Morgan fingerprint density at radius 1 is 1.07 bits per heavy atom. The molecule has 1 amide bonds. The van der Waals surface area contributed by atoms with Gasteiger partial charge in [0.25, 0.3) is 11.6 Å². The van der Waals surface area contributed by atoms with Gasteiger partial charge in [-0.3, -0.25) is 14.9 Å². The third-order valence-corrected chi connectivity index (χ3v) is 6.35. The van der Waals surface area contributed by atoms with Gasteiger partial charge in [0.2, 0.25) is 0 Å². The Labute approximate surface area is 171 Å². The number of likely N-dealkylation sites (tertiary alicyclic amines) is 1. The fourth-order valence-corrected chi connectivity index (χ4v) is 4.73. The van der Waals surface area contributed by atoms with Gasteiger partial charge in [0, 0.05) is 31.3 Å². The molecular weight excluding hydrogens is 366 g/mol. The summed E-state index contributed by atoms with van der Waals surface area (Å²) in [5.74, 6) is 1.24. The highest BCUT2D eigenvalue weighted by Gasteiger charge is 2.33. The van der Waals surface area contributed by atoms with Crippen molar-refractivity contribution < 1.29 is 9.72 Å². The molecule has 2 aromatic rings. The lowest BCUT2D eigenvalue weighted by atomic mass is 9.75. The lowest BCUT2D eigenvalue weighted by Crippen LogP contribution is -2.44. The zero-order valence-electron chi connectivity index (χ0n) is 16.5. The molecule has 1 saturated carbocycles. The molecule has 0 unspecified atom stereocenters. The Balaban J connectivity index is 1.48. The van der Waals surface area contributed by atoms with E-state index in [0.29, 0.717) is 23.7 Å². The summed E-state index contributed by atoms with van der Waals surface area (Å²) in [6.07, 6.45) is 6.07. The van der Waals surface area contributed by atoms with E-state index >= 15 is 0 Å². The quantitative estimate of drug-likeness (QED) is 0.581. The number of piperidine rings is 1. The Hall–Kier alpha value is -2.89. The minimum Gasteiger partial charge on any atom is -0.375 e. The van der Waals surface area contributed by atoms with E-state index in [2.05, 4.69) is 5.32 Å². The zero-order valence-corrected chi connectivity index (χ0v) is 16.5. The summed E-state index contributed by atoms with van der Waals surface area (Å²) in [6, 6.07) is 14.5. The molecule has 29 heavy (non-hydrogen) atoms. The van der Waals surface area contributed by atoms with Gasteiger partial charge in [-0.25, -0.2) is 0 Å². The predicted octanol–water partition coefficient (Wildman–Crippen LogP) is 4.86. The number of fused-ring (bicyclic) bond motifs is 1. The number of hydrogen-bond acceptors (Lipinski definition) is 4. The molecule has 0 spiro atoms. The number of carbonyl (C=O) groups is 1. The van der Waals surface area contributed by atoms with Crippen molar-refractivity contribution in [2.45, 2.75) is 38.6 Å². The number of carbonyl (C=O) groups excluding carboxylic acids is 1. The van der Waals surface area contributed by atoms with Crippen LogP contribution in [0.4, 0.5) is 11.4 Å². The Morgan fingerprint density at radius 3 is 2.59 bits per heavy atom. The van der Waals surface area contributed by atoms with Gasteiger partial charge >= 0.3 is 0 Å². The lowest BCUT2D eigenvalue weighted by Gasteiger charge is -2.41. The average molecular weight is 393 g/mol. The summed E-state index contributed by atoms with van der Waals surface area (Å²) >= 11 is 0. The van der Waals surface area contributed by atoms with Gasteiger partial charge in [-0.2, -0.15) is 0 Å². The molecule has 1 N–H and O–H groups in total. The number of hydrogen-bond donors (Lipinski definition) is 1. The van der Waals surface area contributed by atoms with E-state index in [1.807, 2.05) is 35.2 Å². The molecule has 6 nitrogen and oxygen atoms in total. The van der Waals surface area contributed by atoms with Crippen molar-refractivity contribution in [3.63, 3.8) is 0 Å². The number of anilines is 1. The summed E-state index contributed by atoms with van der Waals surface area (Å²) in [7, 11) is 0. The maximum absolute atomic E-state index is 13.0. The lowest BCUT2D eigenvalue weighted by molar-refractivity contribution is -0.384. The molecule has 6 heteroatoms. The molecular formula is C23H27N3O3. The minimum absolute atomic E-state index is 0.0562. The van der Waals surface area contributed by atoms with Gasteiger partial charge in [0.15, 0.2) is 0 Å².